The van der Waals surface area contributed by atoms with E-state index in [0.717, 1.165) is 13.2 Å². The maximum Gasteiger partial charge on any atom is 0.573 e. The Bertz CT molecular complexity index is 1420. The second-order valence-corrected chi connectivity index (χ2v) is 9.00. The first kappa shape index (κ1) is 27.1. The second kappa shape index (κ2) is 9.50. The molecule has 194 valence electrons. The Hall–Kier alpha value is -3.53. The number of ether oxygens (including phenoxy) is 2. The van der Waals surface area contributed by atoms with Crippen LogP contribution in [0.25, 0.3) is 5.69 Å². The number of benzene rings is 2. The van der Waals surface area contributed by atoms with Gasteiger partial charge in [-0.1, -0.05) is 22.9 Å². The number of aryl methyl sites for hydroxylation is 1. The fourth-order valence-corrected chi connectivity index (χ4v) is 4.39. The molecular weight excluding hydrogens is 546 g/mol. The lowest BCUT2D eigenvalue weighted by molar-refractivity contribution is -0.274. The summed E-state index contributed by atoms with van der Waals surface area (Å²) in [6, 6.07) is 5.84. The quantitative estimate of drug-likeness (QED) is 0.450. The van der Waals surface area contributed by atoms with Gasteiger partial charge in [0, 0.05) is 6.07 Å². The third kappa shape index (κ3) is 5.81. The molecule has 0 aliphatic rings. The summed E-state index contributed by atoms with van der Waals surface area (Å²) >= 11 is 5.82. The van der Waals surface area contributed by atoms with Gasteiger partial charge in [-0.15, -0.1) is 18.3 Å². The third-order valence-corrected chi connectivity index (χ3v) is 6.03. The number of hydrogen-bond acceptors (Lipinski definition) is 7. The molecule has 1 amide bonds. The number of amides is 1. The highest BCUT2D eigenvalue weighted by Gasteiger charge is 2.43. The fraction of sp³-hybridized carbons (Fsp3) is 0.211. The summed E-state index contributed by atoms with van der Waals surface area (Å²) in [5, 5.41) is 5.67. The van der Waals surface area contributed by atoms with Gasteiger partial charge in [0.15, 0.2) is 11.4 Å². The summed E-state index contributed by atoms with van der Waals surface area (Å²) in [7, 11) is -3.59. The Labute approximate surface area is 203 Å². The zero-order valence-corrected chi connectivity index (χ0v) is 19.5. The summed E-state index contributed by atoms with van der Waals surface area (Å²) in [5.74, 6) is -2.81. The molecule has 0 unspecified atom stereocenters. The van der Waals surface area contributed by atoms with Crippen LogP contribution < -0.4 is 14.2 Å². The zero-order chi connectivity index (χ0) is 27.1. The summed E-state index contributed by atoms with van der Waals surface area (Å²) < 4.78 is 114. The van der Waals surface area contributed by atoms with Crippen molar-refractivity contribution in [1.29, 1.82) is 0 Å². The van der Waals surface area contributed by atoms with Crippen LogP contribution in [0.2, 0.25) is 5.02 Å². The molecule has 3 aromatic rings. The van der Waals surface area contributed by atoms with Gasteiger partial charge in [-0.05, 0) is 36.8 Å². The highest BCUT2D eigenvalue weighted by atomic mass is 35.5. The molecule has 1 N–H and O–H groups in total. The molecule has 0 atom stereocenters. The molecule has 2 aromatic carbocycles. The number of carbonyl (C=O) groups excluding carboxylic acids is 1. The lowest BCUT2D eigenvalue weighted by Crippen LogP contribution is -2.33. The second-order valence-electron chi connectivity index (χ2n) is 6.95. The number of methoxy groups -OCH3 is 1. The number of alkyl halides is 6. The average molecular weight is 559 g/mol. The number of hydrogen-bond donors (Lipinski definition) is 1. The first-order chi connectivity index (χ1) is 16.5. The van der Waals surface area contributed by atoms with Crippen molar-refractivity contribution in [3.63, 3.8) is 0 Å². The molecule has 0 saturated carbocycles. The van der Waals surface area contributed by atoms with Gasteiger partial charge in [-0.2, -0.15) is 13.2 Å². The van der Waals surface area contributed by atoms with E-state index in [1.165, 1.54) is 23.8 Å². The molecule has 9 nitrogen and oxygen atoms in total. The molecule has 0 spiro atoms. The highest BCUT2D eigenvalue weighted by molar-refractivity contribution is 7.90. The maximum atomic E-state index is 13.9. The van der Waals surface area contributed by atoms with E-state index in [4.69, 9.17) is 16.3 Å². The fourth-order valence-electron chi connectivity index (χ4n) is 2.93. The predicted molar refractivity (Wildman–Crippen MR) is 110 cm³/mol. The molecule has 0 fully saturated rings. The molecule has 17 heteroatoms. The van der Waals surface area contributed by atoms with Crippen molar-refractivity contribution in [3.8, 4) is 17.2 Å². The minimum Gasteiger partial charge on any atom is -0.495 e. The van der Waals surface area contributed by atoms with Crippen LogP contribution in [0.3, 0.4) is 0 Å². The topological polar surface area (TPSA) is 112 Å². The first-order valence-corrected chi connectivity index (χ1v) is 11.2. The highest BCUT2D eigenvalue weighted by Crippen LogP contribution is 2.36. The van der Waals surface area contributed by atoms with Gasteiger partial charge in [0.25, 0.3) is 15.9 Å². The Morgan fingerprint density at radius 2 is 1.75 bits per heavy atom. The van der Waals surface area contributed by atoms with Crippen molar-refractivity contribution in [3.05, 3.63) is 58.4 Å². The van der Waals surface area contributed by atoms with E-state index in [0.29, 0.717) is 23.8 Å². The lowest BCUT2D eigenvalue weighted by Gasteiger charge is -2.14. The molecule has 0 aliphatic heterocycles. The van der Waals surface area contributed by atoms with Crippen LogP contribution >= 0.6 is 11.6 Å². The Morgan fingerprint density at radius 1 is 1.08 bits per heavy atom. The van der Waals surface area contributed by atoms with E-state index in [-0.39, 0.29) is 10.4 Å². The summed E-state index contributed by atoms with van der Waals surface area (Å²) in [5.41, 5.74) is -3.45. The number of nitrogens with one attached hydrogen (secondary N) is 1. The van der Waals surface area contributed by atoms with Gasteiger partial charge >= 0.3 is 12.5 Å². The van der Waals surface area contributed by atoms with E-state index in [2.05, 4.69) is 15.0 Å². The van der Waals surface area contributed by atoms with Crippen molar-refractivity contribution >= 4 is 27.5 Å². The van der Waals surface area contributed by atoms with E-state index < -0.39 is 61.2 Å². The van der Waals surface area contributed by atoms with Crippen LogP contribution in [0.1, 0.15) is 21.7 Å². The smallest absolute Gasteiger partial charge is 0.495 e. The number of halogens is 7. The van der Waals surface area contributed by atoms with Crippen molar-refractivity contribution < 1.29 is 49.0 Å². The number of carbonyl (C=O) groups is 1. The molecule has 0 bridgehead atoms. The van der Waals surface area contributed by atoms with Crippen LogP contribution in [-0.2, 0) is 16.2 Å². The monoisotopic (exact) mass is 558 g/mol. The Morgan fingerprint density at radius 3 is 2.31 bits per heavy atom. The summed E-state index contributed by atoms with van der Waals surface area (Å²) in [6.45, 7) is 1.53. The van der Waals surface area contributed by atoms with Crippen LogP contribution in [0, 0.1) is 6.92 Å². The van der Waals surface area contributed by atoms with Crippen molar-refractivity contribution in [2.75, 3.05) is 7.11 Å². The molecule has 0 saturated heterocycles. The minimum atomic E-state index is -5.33. The van der Waals surface area contributed by atoms with Gasteiger partial charge in [-0.25, -0.2) is 17.8 Å². The van der Waals surface area contributed by atoms with Crippen molar-refractivity contribution in [1.82, 2.24) is 19.7 Å². The summed E-state index contributed by atoms with van der Waals surface area (Å²) in [6.07, 6.45) is -10.4. The van der Waals surface area contributed by atoms with Crippen LogP contribution in [0.4, 0.5) is 26.3 Å². The molecule has 1 heterocycles. The summed E-state index contributed by atoms with van der Waals surface area (Å²) in [4.78, 5) is 12.1. The van der Waals surface area contributed by atoms with Gasteiger partial charge in [-0.3, -0.25) is 4.79 Å². The molecular formula is C19H13ClF6N4O5S. The zero-order valence-electron chi connectivity index (χ0n) is 17.9. The molecule has 0 radical (unpaired) electrons. The van der Waals surface area contributed by atoms with E-state index in [1.54, 1.807) is 0 Å². The number of rotatable bonds is 6. The normalized spacial score (nSPS) is 12.4. The number of sulfonamides is 1. The standard InChI is InChI=1S/C19H13ClF6N4O5S/c1-9-3-6-13(34-2)14(7-9)36(32,33)28-17(31)15-16(18(21,22)23)30(29-27-15)12-5-4-10(8-11(12)20)35-19(24,25)26/h3-8H,1-2H3,(H,28,31). The molecule has 1 aromatic heterocycles. The first-order valence-electron chi connectivity index (χ1n) is 9.34. The molecule has 3 rings (SSSR count). The average Bonchev–Trinajstić information content (AvgIpc) is 3.18. The Balaban J connectivity index is 2.04. The van der Waals surface area contributed by atoms with E-state index >= 15 is 0 Å². The largest absolute Gasteiger partial charge is 0.573 e. The number of aromatic nitrogens is 3. The van der Waals surface area contributed by atoms with E-state index in [9.17, 15) is 39.6 Å². The van der Waals surface area contributed by atoms with Crippen molar-refractivity contribution in [2.24, 2.45) is 0 Å². The van der Waals surface area contributed by atoms with Gasteiger partial charge in [0.1, 0.15) is 16.4 Å². The maximum absolute atomic E-state index is 13.9. The van der Waals surface area contributed by atoms with Crippen LogP contribution in [-0.4, -0.2) is 42.8 Å². The van der Waals surface area contributed by atoms with Crippen molar-refractivity contribution in [2.45, 2.75) is 24.4 Å². The van der Waals surface area contributed by atoms with Gasteiger partial charge in [0.05, 0.1) is 17.8 Å². The third-order valence-electron chi connectivity index (χ3n) is 4.37. The number of nitrogens with zero attached hydrogens (tertiary/aromatic N) is 3. The Kier molecular flexibility index (Phi) is 7.14. The van der Waals surface area contributed by atoms with Gasteiger partial charge < -0.3 is 9.47 Å². The SMILES string of the molecule is COc1ccc(C)cc1S(=O)(=O)NC(=O)c1nnn(-c2ccc(OC(F)(F)F)cc2Cl)c1C(F)(F)F. The minimum absolute atomic E-state index is 0.0362. The van der Waals surface area contributed by atoms with E-state index in [1.807, 2.05) is 0 Å². The van der Waals surface area contributed by atoms with Gasteiger partial charge in [0.2, 0.25) is 0 Å². The molecule has 0 aliphatic carbocycles. The molecule has 36 heavy (non-hydrogen) atoms. The van der Waals surface area contributed by atoms with Crippen LogP contribution in [0.15, 0.2) is 41.3 Å². The predicted octanol–water partition coefficient (Wildman–Crippen LogP) is 4.27. The lowest BCUT2D eigenvalue weighted by atomic mass is 10.2. The van der Waals surface area contributed by atoms with Crippen LogP contribution in [0.5, 0.6) is 11.5 Å².